The first kappa shape index (κ1) is 12.3. The number of anilines is 2. The Balaban J connectivity index is 1.94. The first-order chi connectivity index (χ1) is 9.79. The lowest BCUT2D eigenvalue weighted by Crippen LogP contribution is -2.03. The summed E-state index contributed by atoms with van der Waals surface area (Å²) in [5.74, 6) is 2.19. The second-order valence-corrected chi connectivity index (χ2v) is 4.38. The van der Waals surface area contributed by atoms with Crippen LogP contribution in [0, 0.1) is 0 Å². The molecule has 2 heterocycles. The number of fused-ring (bicyclic) bond motifs is 1. The predicted molar refractivity (Wildman–Crippen MR) is 78.6 cm³/mol. The number of hydrogen-bond acceptors (Lipinski definition) is 5. The topological polar surface area (TPSA) is 88.8 Å². The van der Waals surface area contributed by atoms with Gasteiger partial charge in [0, 0.05) is 29.1 Å². The van der Waals surface area contributed by atoms with Crippen molar-refractivity contribution >= 4 is 22.4 Å². The Kier molecular flexibility index (Phi) is 3.12. The number of hydrogen-bond donors (Lipinski definition) is 3. The molecule has 0 unspecified atom stereocenters. The van der Waals surface area contributed by atoms with Gasteiger partial charge in [0.1, 0.15) is 17.4 Å². The van der Waals surface area contributed by atoms with E-state index in [1.165, 1.54) is 0 Å². The van der Waals surface area contributed by atoms with Crippen LogP contribution in [0.5, 0.6) is 5.75 Å². The molecule has 2 aromatic heterocycles. The van der Waals surface area contributed by atoms with Crippen LogP contribution in [-0.2, 0) is 6.54 Å². The van der Waals surface area contributed by atoms with Crippen molar-refractivity contribution in [2.24, 2.45) is 0 Å². The van der Waals surface area contributed by atoms with Crippen LogP contribution in [0.15, 0.2) is 36.7 Å². The van der Waals surface area contributed by atoms with Gasteiger partial charge in [-0.25, -0.2) is 4.98 Å². The van der Waals surface area contributed by atoms with Gasteiger partial charge in [-0.05, 0) is 12.1 Å². The highest BCUT2D eigenvalue weighted by molar-refractivity contribution is 5.95. The van der Waals surface area contributed by atoms with Crippen molar-refractivity contribution in [1.82, 2.24) is 15.2 Å². The van der Waals surface area contributed by atoms with Crippen molar-refractivity contribution in [2.45, 2.75) is 6.54 Å². The highest BCUT2D eigenvalue weighted by Crippen LogP contribution is 2.29. The first-order valence-electron chi connectivity index (χ1n) is 6.23. The van der Waals surface area contributed by atoms with Gasteiger partial charge < -0.3 is 15.8 Å². The van der Waals surface area contributed by atoms with E-state index in [1.54, 1.807) is 19.5 Å². The Labute approximate surface area is 116 Å². The average molecular weight is 269 g/mol. The SMILES string of the molecule is COc1cccc2c(NCc3cn[nH]c3N)nccc12. The molecular weight excluding hydrogens is 254 g/mol. The largest absolute Gasteiger partial charge is 0.496 e. The Morgan fingerprint density at radius 2 is 2.20 bits per heavy atom. The molecule has 102 valence electrons. The summed E-state index contributed by atoms with van der Waals surface area (Å²) in [6, 6.07) is 7.82. The molecule has 0 amide bonds. The lowest BCUT2D eigenvalue weighted by Gasteiger charge is -2.10. The fourth-order valence-electron chi connectivity index (χ4n) is 2.14. The van der Waals surface area contributed by atoms with Crippen molar-refractivity contribution in [3.63, 3.8) is 0 Å². The van der Waals surface area contributed by atoms with E-state index < -0.39 is 0 Å². The first-order valence-corrected chi connectivity index (χ1v) is 6.23. The quantitative estimate of drug-likeness (QED) is 0.675. The van der Waals surface area contributed by atoms with E-state index >= 15 is 0 Å². The minimum atomic E-state index is 0.561. The van der Waals surface area contributed by atoms with E-state index in [1.807, 2.05) is 24.3 Å². The third-order valence-electron chi connectivity index (χ3n) is 3.18. The van der Waals surface area contributed by atoms with Crippen LogP contribution in [0.4, 0.5) is 11.6 Å². The maximum absolute atomic E-state index is 5.76. The van der Waals surface area contributed by atoms with Gasteiger partial charge >= 0.3 is 0 Å². The Morgan fingerprint density at radius 1 is 1.30 bits per heavy atom. The lowest BCUT2D eigenvalue weighted by atomic mass is 10.1. The summed E-state index contributed by atoms with van der Waals surface area (Å²) in [4.78, 5) is 4.37. The molecule has 0 aliphatic heterocycles. The van der Waals surface area contributed by atoms with E-state index in [-0.39, 0.29) is 0 Å². The molecular formula is C14H15N5O. The minimum absolute atomic E-state index is 0.561. The standard InChI is InChI=1S/C14H15N5O/c1-20-12-4-2-3-11-10(12)5-6-16-14(11)17-7-9-8-18-19-13(9)15/h2-6,8H,7H2,1H3,(H,16,17)(H3,15,18,19). The summed E-state index contributed by atoms with van der Waals surface area (Å²) >= 11 is 0. The molecule has 6 heteroatoms. The number of pyridine rings is 1. The second kappa shape index (κ2) is 5.08. The fourth-order valence-corrected chi connectivity index (χ4v) is 2.14. The molecule has 3 rings (SSSR count). The van der Waals surface area contributed by atoms with Gasteiger partial charge in [-0.2, -0.15) is 5.10 Å². The molecule has 0 spiro atoms. The summed E-state index contributed by atoms with van der Waals surface area (Å²) in [6.45, 7) is 0.561. The molecule has 0 saturated heterocycles. The van der Waals surface area contributed by atoms with Crippen molar-refractivity contribution < 1.29 is 4.74 Å². The molecule has 4 N–H and O–H groups in total. The van der Waals surface area contributed by atoms with Crippen molar-refractivity contribution in [3.8, 4) is 5.75 Å². The van der Waals surface area contributed by atoms with Crippen molar-refractivity contribution in [1.29, 1.82) is 0 Å². The number of ether oxygens (including phenoxy) is 1. The minimum Gasteiger partial charge on any atom is -0.496 e. The third-order valence-corrected chi connectivity index (χ3v) is 3.18. The highest BCUT2D eigenvalue weighted by Gasteiger charge is 2.07. The number of nitrogens with one attached hydrogen (secondary N) is 2. The van der Waals surface area contributed by atoms with E-state index in [2.05, 4.69) is 20.5 Å². The Morgan fingerprint density at radius 3 is 2.95 bits per heavy atom. The Hall–Kier alpha value is -2.76. The van der Waals surface area contributed by atoms with Crippen LogP contribution < -0.4 is 15.8 Å². The fraction of sp³-hybridized carbons (Fsp3) is 0.143. The monoisotopic (exact) mass is 269 g/mol. The lowest BCUT2D eigenvalue weighted by molar-refractivity contribution is 0.420. The van der Waals surface area contributed by atoms with Crippen LogP contribution in [0.2, 0.25) is 0 Å². The molecule has 0 saturated carbocycles. The van der Waals surface area contributed by atoms with Gasteiger partial charge in [-0.15, -0.1) is 0 Å². The number of benzene rings is 1. The molecule has 0 atom stereocenters. The zero-order chi connectivity index (χ0) is 13.9. The average Bonchev–Trinajstić information content (AvgIpc) is 2.89. The van der Waals surface area contributed by atoms with Gasteiger partial charge in [-0.3, -0.25) is 5.10 Å². The van der Waals surface area contributed by atoms with Crippen molar-refractivity contribution in [3.05, 3.63) is 42.2 Å². The number of H-pyrrole nitrogens is 1. The molecule has 0 fully saturated rings. The van der Waals surface area contributed by atoms with Crippen molar-refractivity contribution in [2.75, 3.05) is 18.2 Å². The number of nitrogens with zero attached hydrogens (tertiary/aromatic N) is 2. The van der Waals surface area contributed by atoms with Crippen LogP contribution in [0.1, 0.15) is 5.56 Å². The van der Waals surface area contributed by atoms with Crippen LogP contribution in [-0.4, -0.2) is 22.3 Å². The van der Waals surface area contributed by atoms with E-state index in [0.29, 0.717) is 12.4 Å². The van der Waals surface area contributed by atoms with Crippen LogP contribution in [0.3, 0.4) is 0 Å². The van der Waals surface area contributed by atoms with Gasteiger partial charge in [0.2, 0.25) is 0 Å². The number of aromatic nitrogens is 3. The zero-order valence-corrected chi connectivity index (χ0v) is 11.1. The smallest absolute Gasteiger partial charge is 0.134 e. The van der Waals surface area contributed by atoms with Crippen LogP contribution in [0.25, 0.3) is 10.8 Å². The number of methoxy groups -OCH3 is 1. The molecule has 0 radical (unpaired) electrons. The normalized spacial score (nSPS) is 10.7. The molecule has 0 bridgehead atoms. The molecule has 0 aliphatic rings. The molecule has 1 aromatic carbocycles. The summed E-state index contributed by atoms with van der Waals surface area (Å²) in [6.07, 6.45) is 3.46. The van der Waals surface area contributed by atoms with Gasteiger partial charge in [0.15, 0.2) is 0 Å². The number of rotatable bonds is 4. The van der Waals surface area contributed by atoms with Gasteiger partial charge in [-0.1, -0.05) is 12.1 Å². The van der Waals surface area contributed by atoms with E-state index in [9.17, 15) is 0 Å². The molecule has 0 aliphatic carbocycles. The third kappa shape index (κ3) is 2.11. The molecule has 6 nitrogen and oxygen atoms in total. The summed E-state index contributed by atoms with van der Waals surface area (Å²) < 4.78 is 5.36. The molecule has 20 heavy (non-hydrogen) atoms. The summed E-state index contributed by atoms with van der Waals surface area (Å²) in [5, 5.41) is 11.9. The number of nitrogen functional groups attached to an aromatic ring is 1. The summed E-state index contributed by atoms with van der Waals surface area (Å²) in [7, 11) is 1.66. The predicted octanol–water partition coefficient (Wildman–Crippen LogP) is 2.16. The van der Waals surface area contributed by atoms with E-state index in [0.717, 1.165) is 27.9 Å². The second-order valence-electron chi connectivity index (χ2n) is 4.38. The molecule has 3 aromatic rings. The van der Waals surface area contributed by atoms with E-state index in [4.69, 9.17) is 10.5 Å². The van der Waals surface area contributed by atoms with Crippen LogP contribution >= 0.6 is 0 Å². The summed E-state index contributed by atoms with van der Waals surface area (Å²) in [5.41, 5.74) is 6.67. The number of nitrogens with two attached hydrogens (primary N) is 1. The van der Waals surface area contributed by atoms with Gasteiger partial charge in [0.05, 0.1) is 13.3 Å². The maximum atomic E-state index is 5.76. The number of aromatic amines is 1. The highest BCUT2D eigenvalue weighted by atomic mass is 16.5. The Bertz CT molecular complexity index is 737. The zero-order valence-electron chi connectivity index (χ0n) is 11.1. The van der Waals surface area contributed by atoms with Gasteiger partial charge in [0.25, 0.3) is 0 Å². The maximum Gasteiger partial charge on any atom is 0.134 e.